The van der Waals surface area contributed by atoms with Crippen molar-refractivity contribution < 1.29 is 4.79 Å². The minimum absolute atomic E-state index is 0.0443. The van der Waals surface area contributed by atoms with Crippen molar-refractivity contribution in [1.29, 1.82) is 0 Å². The molecule has 38 heavy (non-hydrogen) atoms. The number of rotatable bonds is 7. The number of aryl methyl sites for hydroxylation is 2. The Bertz CT molecular complexity index is 1490. The molecular formula is C30H30BrN5OS. The summed E-state index contributed by atoms with van der Waals surface area (Å²) in [7, 11) is 0. The molecule has 1 aliphatic rings. The van der Waals surface area contributed by atoms with Crippen LogP contribution < -0.4 is 10.6 Å². The third-order valence-corrected chi connectivity index (χ3v) is 7.98. The van der Waals surface area contributed by atoms with Crippen LogP contribution in [0.5, 0.6) is 0 Å². The highest BCUT2D eigenvalue weighted by molar-refractivity contribution is 9.10. The molecule has 0 saturated carbocycles. The van der Waals surface area contributed by atoms with Gasteiger partial charge >= 0.3 is 0 Å². The van der Waals surface area contributed by atoms with E-state index < -0.39 is 0 Å². The monoisotopic (exact) mass is 587 g/mol. The van der Waals surface area contributed by atoms with Crippen molar-refractivity contribution in [2.24, 2.45) is 0 Å². The molecule has 6 nitrogen and oxygen atoms in total. The Balaban J connectivity index is 1.48. The highest BCUT2D eigenvalue weighted by Gasteiger charge is 2.41. The summed E-state index contributed by atoms with van der Waals surface area (Å²) >= 11 is 9.55. The van der Waals surface area contributed by atoms with Crippen LogP contribution in [0.4, 0.5) is 5.69 Å². The Morgan fingerprint density at radius 2 is 1.84 bits per heavy atom. The van der Waals surface area contributed by atoms with Crippen LogP contribution in [0.1, 0.15) is 46.7 Å². The predicted molar refractivity (Wildman–Crippen MR) is 160 cm³/mol. The number of para-hydroxylation sites is 1. The lowest BCUT2D eigenvalue weighted by Crippen LogP contribution is -2.32. The molecule has 5 rings (SSSR count). The van der Waals surface area contributed by atoms with Gasteiger partial charge in [-0.15, -0.1) is 0 Å². The lowest BCUT2D eigenvalue weighted by atomic mass is 9.96. The van der Waals surface area contributed by atoms with Crippen LogP contribution in [-0.4, -0.2) is 32.0 Å². The average Bonchev–Trinajstić information content (AvgIpc) is 3.38. The first-order valence-electron chi connectivity index (χ1n) is 12.6. The van der Waals surface area contributed by atoms with E-state index in [1.165, 1.54) is 0 Å². The zero-order valence-electron chi connectivity index (χ0n) is 21.6. The Kier molecular flexibility index (Phi) is 7.63. The van der Waals surface area contributed by atoms with Gasteiger partial charge in [-0.1, -0.05) is 30.3 Å². The molecule has 2 aromatic carbocycles. The van der Waals surface area contributed by atoms with Gasteiger partial charge in [-0.05, 0) is 103 Å². The number of benzene rings is 2. The molecule has 2 aromatic heterocycles. The van der Waals surface area contributed by atoms with Crippen molar-refractivity contribution in [3.05, 3.63) is 112 Å². The average molecular weight is 589 g/mol. The number of nitrogens with zero attached hydrogens (tertiary/aromatic N) is 3. The number of halogens is 1. The second kappa shape index (κ2) is 11.1. The quantitative estimate of drug-likeness (QED) is 0.240. The smallest absolute Gasteiger partial charge is 0.226 e. The van der Waals surface area contributed by atoms with Gasteiger partial charge in [0.05, 0.1) is 23.5 Å². The van der Waals surface area contributed by atoms with Gasteiger partial charge in [-0.25, -0.2) is 0 Å². The Labute approximate surface area is 237 Å². The van der Waals surface area contributed by atoms with E-state index in [4.69, 9.17) is 12.2 Å². The second-order valence-corrected chi connectivity index (χ2v) is 10.8. The van der Waals surface area contributed by atoms with E-state index in [-0.39, 0.29) is 18.0 Å². The molecule has 2 atom stereocenters. The van der Waals surface area contributed by atoms with Gasteiger partial charge in [0, 0.05) is 40.7 Å². The zero-order valence-corrected chi connectivity index (χ0v) is 24.0. The maximum absolute atomic E-state index is 12.9. The van der Waals surface area contributed by atoms with E-state index in [0.717, 1.165) is 44.1 Å². The summed E-state index contributed by atoms with van der Waals surface area (Å²) in [6.45, 7) is 6.75. The SMILES string of the molecule is Cc1cccc(NC(=O)CCN2C(=S)N[C@@H](c3ccccn3)[C@@H]2c2cc(C)n(-c3ccccc3Br)c2C)c1. The van der Waals surface area contributed by atoms with E-state index in [9.17, 15) is 4.79 Å². The summed E-state index contributed by atoms with van der Waals surface area (Å²) in [4.78, 5) is 19.7. The Morgan fingerprint density at radius 3 is 2.58 bits per heavy atom. The molecule has 8 heteroatoms. The van der Waals surface area contributed by atoms with Gasteiger partial charge < -0.3 is 20.1 Å². The third kappa shape index (κ3) is 5.24. The molecule has 4 aromatic rings. The van der Waals surface area contributed by atoms with Gasteiger partial charge in [-0.3, -0.25) is 9.78 Å². The number of carbonyl (C=O) groups excluding carboxylic acids is 1. The van der Waals surface area contributed by atoms with Gasteiger partial charge in [0.1, 0.15) is 0 Å². The fourth-order valence-corrected chi connectivity index (χ4v) is 6.04. The maximum atomic E-state index is 12.9. The van der Waals surface area contributed by atoms with Gasteiger partial charge in [-0.2, -0.15) is 0 Å². The largest absolute Gasteiger partial charge is 0.352 e. The van der Waals surface area contributed by atoms with E-state index in [0.29, 0.717) is 18.1 Å². The fourth-order valence-electron chi connectivity index (χ4n) is 5.24. The van der Waals surface area contributed by atoms with Crippen molar-refractivity contribution >= 4 is 44.9 Å². The van der Waals surface area contributed by atoms with Crippen LogP contribution >= 0.6 is 28.1 Å². The highest BCUT2D eigenvalue weighted by Crippen LogP contribution is 2.42. The highest BCUT2D eigenvalue weighted by atomic mass is 79.9. The number of anilines is 1. The number of pyridine rings is 1. The van der Waals surface area contributed by atoms with Gasteiger partial charge in [0.25, 0.3) is 0 Å². The summed E-state index contributed by atoms with van der Waals surface area (Å²) < 4.78 is 3.29. The van der Waals surface area contributed by atoms with Crippen molar-refractivity contribution in [2.75, 3.05) is 11.9 Å². The minimum Gasteiger partial charge on any atom is -0.352 e. The molecule has 0 spiro atoms. The Hall–Kier alpha value is -3.49. The molecular weight excluding hydrogens is 558 g/mol. The van der Waals surface area contributed by atoms with Gasteiger partial charge in [0.15, 0.2) is 5.11 Å². The Morgan fingerprint density at radius 1 is 1.05 bits per heavy atom. The molecule has 0 unspecified atom stereocenters. The molecule has 2 N–H and O–H groups in total. The maximum Gasteiger partial charge on any atom is 0.226 e. The van der Waals surface area contributed by atoms with Crippen LogP contribution in [0.15, 0.2) is 83.5 Å². The van der Waals surface area contributed by atoms with E-state index in [1.54, 1.807) is 6.20 Å². The van der Waals surface area contributed by atoms with Crippen molar-refractivity contribution in [3.63, 3.8) is 0 Å². The van der Waals surface area contributed by atoms with Crippen LogP contribution in [0.3, 0.4) is 0 Å². The summed E-state index contributed by atoms with van der Waals surface area (Å²) in [5, 5.41) is 7.15. The summed E-state index contributed by atoms with van der Waals surface area (Å²) in [6.07, 6.45) is 2.11. The number of carbonyl (C=O) groups is 1. The molecule has 1 aliphatic heterocycles. The molecule has 1 fully saturated rings. The number of aromatic nitrogens is 2. The number of hydrogen-bond acceptors (Lipinski definition) is 3. The first-order chi connectivity index (χ1) is 18.3. The first kappa shape index (κ1) is 26.1. The number of nitrogens with one attached hydrogen (secondary N) is 2. The summed E-state index contributed by atoms with van der Waals surface area (Å²) in [5.74, 6) is -0.0443. The van der Waals surface area contributed by atoms with Crippen LogP contribution in [0.2, 0.25) is 0 Å². The van der Waals surface area contributed by atoms with E-state index in [2.05, 4.69) is 73.1 Å². The molecule has 0 aliphatic carbocycles. The van der Waals surface area contributed by atoms with Crippen molar-refractivity contribution in [1.82, 2.24) is 19.8 Å². The topological polar surface area (TPSA) is 62.2 Å². The lowest BCUT2D eigenvalue weighted by Gasteiger charge is -2.28. The lowest BCUT2D eigenvalue weighted by molar-refractivity contribution is -0.116. The second-order valence-electron chi connectivity index (χ2n) is 9.60. The van der Waals surface area contributed by atoms with E-state index in [1.807, 2.05) is 61.5 Å². The summed E-state index contributed by atoms with van der Waals surface area (Å²) in [6, 6.07) is 23.9. The normalized spacial score (nSPS) is 16.9. The van der Waals surface area contributed by atoms with E-state index >= 15 is 0 Å². The standard InChI is InChI=1S/C30H30BrN5OS/c1-19-9-8-10-22(17-19)33-27(37)14-16-35-29(28(34-30(35)38)25-12-6-7-15-32-25)23-18-20(2)36(21(23)3)26-13-5-4-11-24(26)31/h4-13,15,17-18,28-29H,14,16H2,1-3H3,(H,33,37)(H,34,38)/t28-,29-/m0/s1. The van der Waals surface area contributed by atoms with Crippen LogP contribution in [-0.2, 0) is 4.79 Å². The molecule has 194 valence electrons. The van der Waals surface area contributed by atoms with Crippen LogP contribution in [0, 0.1) is 20.8 Å². The van der Waals surface area contributed by atoms with Crippen LogP contribution in [0.25, 0.3) is 5.69 Å². The fraction of sp³-hybridized carbons (Fsp3) is 0.233. The van der Waals surface area contributed by atoms with Gasteiger partial charge in [0.2, 0.25) is 5.91 Å². The number of thiocarbonyl (C=S) groups is 1. The molecule has 1 saturated heterocycles. The third-order valence-electron chi connectivity index (χ3n) is 6.96. The predicted octanol–water partition coefficient (Wildman–Crippen LogP) is 6.56. The molecule has 0 bridgehead atoms. The minimum atomic E-state index is -0.142. The van der Waals surface area contributed by atoms with Crippen molar-refractivity contribution in [2.45, 2.75) is 39.3 Å². The number of hydrogen-bond donors (Lipinski definition) is 2. The number of amides is 1. The van der Waals surface area contributed by atoms with Crippen molar-refractivity contribution in [3.8, 4) is 5.69 Å². The molecule has 3 heterocycles. The zero-order chi connectivity index (χ0) is 26.8. The summed E-state index contributed by atoms with van der Waals surface area (Å²) in [5.41, 5.74) is 7.31. The first-order valence-corrected chi connectivity index (χ1v) is 13.8. The molecule has 0 radical (unpaired) electrons. The molecule has 1 amide bonds.